The van der Waals surface area contributed by atoms with Crippen LogP contribution in [0.4, 0.5) is 0 Å². The molecule has 0 radical (unpaired) electrons. The van der Waals surface area contributed by atoms with Gasteiger partial charge in [-0.2, -0.15) is 0 Å². The number of ether oxygens (including phenoxy) is 1. The predicted molar refractivity (Wildman–Crippen MR) is 113 cm³/mol. The Bertz CT molecular complexity index is 688. The molecule has 2 atom stereocenters. The molecule has 4 nitrogen and oxygen atoms in total. The van der Waals surface area contributed by atoms with Crippen molar-refractivity contribution in [3.05, 3.63) is 34.9 Å². The molecule has 4 rings (SSSR count). The summed E-state index contributed by atoms with van der Waals surface area (Å²) in [5, 5.41) is 0.726. The number of nitrogens with zero attached hydrogens (tertiary/aromatic N) is 2. The van der Waals surface area contributed by atoms with Crippen LogP contribution in [0.5, 0.6) is 0 Å². The molecule has 1 amide bonds. The minimum Gasteiger partial charge on any atom is -0.373 e. The summed E-state index contributed by atoms with van der Waals surface area (Å²) in [6.07, 6.45) is 5.89. The van der Waals surface area contributed by atoms with E-state index < -0.39 is 0 Å². The van der Waals surface area contributed by atoms with Gasteiger partial charge in [-0.3, -0.25) is 9.69 Å². The van der Waals surface area contributed by atoms with E-state index >= 15 is 0 Å². The minimum absolute atomic E-state index is 0.321. The standard InChI is InChI=1S/C23H33ClN2O2/c1-17-14-25(15-18(2)28-17)16-19-7-11-26(12-8-19)22(27)23(9-4-10-23)20-5-3-6-21(24)13-20/h3,5-6,13,17-19H,4,7-12,14-16H2,1-2H3. The van der Waals surface area contributed by atoms with Crippen molar-refractivity contribution in [1.29, 1.82) is 0 Å². The van der Waals surface area contributed by atoms with Crippen LogP contribution in [0.3, 0.4) is 0 Å². The van der Waals surface area contributed by atoms with Crippen LogP contribution < -0.4 is 0 Å². The number of rotatable bonds is 4. The molecule has 3 fully saturated rings. The fourth-order valence-corrected chi connectivity index (χ4v) is 5.55. The average Bonchev–Trinajstić information content (AvgIpc) is 2.60. The zero-order valence-corrected chi connectivity index (χ0v) is 18.0. The second kappa shape index (κ2) is 8.33. The molecule has 28 heavy (non-hydrogen) atoms. The maximum absolute atomic E-state index is 13.5. The van der Waals surface area contributed by atoms with Crippen LogP contribution in [0.2, 0.25) is 5.02 Å². The van der Waals surface area contributed by atoms with E-state index in [0.717, 1.165) is 75.4 Å². The maximum atomic E-state index is 13.5. The number of carbonyl (C=O) groups is 1. The van der Waals surface area contributed by atoms with Crippen molar-refractivity contribution >= 4 is 17.5 Å². The third-order valence-corrected chi connectivity index (χ3v) is 7.14. The molecule has 2 unspecified atom stereocenters. The number of hydrogen-bond acceptors (Lipinski definition) is 3. The van der Waals surface area contributed by atoms with Crippen molar-refractivity contribution < 1.29 is 9.53 Å². The predicted octanol–water partition coefficient (Wildman–Crippen LogP) is 4.11. The molecule has 2 heterocycles. The third-order valence-electron chi connectivity index (χ3n) is 6.91. The number of amides is 1. The lowest BCUT2D eigenvalue weighted by atomic mass is 9.63. The van der Waals surface area contributed by atoms with Crippen LogP contribution in [0, 0.1) is 5.92 Å². The van der Waals surface area contributed by atoms with Gasteiger partial charge in [0.25, 0.3) is 0 Å². The summed E-state index contributed by atoms with van der Waals surface area (Å²) in [5.74, 6) is 1.01. The van der Waals surface area contributed by atoms with E-state index in [1.165, 1.54) is 0 Å². The van der Waals surface area contributed by atoms with E-state index in [0.29, 0.717) is 24.0 Å². The second-order valence-electron chi connectivity index (χ2n) is 9.16. The van der Waals surface area contributed by atoms with Crippen molar-refractivity contribution in [2.75, 3.05) is 32.7 Å². The Morgan fingerprint density at radius 3 is 2.43 bits per heavy atom. The molecule has 3 aliphatic rings. The molecule has 1 aromatic carbocycles. The first-order valence-corrected chi connectivity index (χ1v) is 11.3. The number of piperidine rings is 1. The zero-order chi connectivity index (χ0) is 19.7. The molecule has 0 N–H and O–H groups in total. The summed E-state index contributed by atoms with van der Waals surface area (Å²) in [4.78, 5) is 18.1. The third kappa shape index (κ3) is 4.10. The molecule has 2 aliphatic heterocycles. The number of carbonyl (C=O) groups excluding carboxylic acids is 1. The minimum atomic E-state index is -0.327. The Hall–Kier alpha value is -1.10. The van der Waals surface area contributed by atoms with E-state index in [-0.39, 0.29) is 5.41 Å². The molecular weight excluding hydrogens is 372 g/mol. The van der Waals surface area contributed by atoms with Crippen molar-refractivity contribution in [3.63, 3.8) is 0 Å². The molecule has 2 saturated heterocycles. The van der Waals surface area contributed by atoms with Crippen molar-refractivity contribution in [2.45, 2.75) is 63.6 Å². The smallest absolute Gasteiger partial charge is 0.233 e. The van der Waals surface area contributed by atoms with Gasteiger partial charge in [0.05, 0.1) is 17.6 Å². The number of halogens is 1. The Balaban J connectivity index is 1.35. The summed E-state index contributed by atoms with van der Waals surface area (Å²) in [6, 6.07) is 7.94. The quantitative estimate of drug-likeness (QED) is 0.757. The van der Waals surface area contributed by atoms with E-state index in [2.05, 4.69) is 29.7 Å². The normalized spacial score (nSPS) is 28.8. The largest absolute Gasteiger partial charge is 0.373 e. The van der Waals surface area contributed by atoms with Gasteiger partial charge in [0.2, 0.25) is 5.91 Å². The Morgan fingerprint density at radius 1 is 1.18 bits per heavy atom. The lowest BCUT2D eigenvalue weighted by Crippen LogP contribution is -2.54. The van der Waals surface area contributed by atoms with E-state index in [9.17, 15) is 4.79 Å². The summed E-state index contributed by atoms with van der Waals surface area (Å²) >= 11 is 6.22. The van der Waals surface area contributed by atoms with Crippen molar-refractivity contribution in [2.24, 2.45) is 5.92 Å². The zero-order valence-electron chi connectivity index (χ0n) is 17.2. The molecule has 1 aliphatic carbocycles. The van der Waals surface area contributed by atoms with Gasteiger partial charge in [0.15, 0.2) is 0 Å². The summed E-state index contributed by atoms with van der Waals surface area (Å²) < 4.78 is 5.86. The van der Waals surface area contributed by atoms with E-state index in [4.69, 9.17) is 16.3 Å². The lowest BCUT2D eigenvalue weighted by Gasteiger charge is -2.46. The van der Waals surface area contributed by atoms with Gasteiger partial charge >= 0.3 is 0 Å². The SMILES string of the molecule is CC1CN(CC2CCN(C(=O)C3(c4cccc(Cl)c4)CCC3)CC2)CC(C)O1. The first kappa shape index (κ1) is 20.2. The molecule has 0 spiro atoms. The van der Waals surface area contributed by atoms with Gasteiger partial charge in [-0.25, -0.2) is 0 Å². The molecule has 1 aromatic rings. The van der Waals surface area contributed by atoms with Gasteiger partial charge in [-0.05, 0) is 63.1 Å². The summed E-state index contributed by atoms with van der Waals surface area (Å²) in [6.45, 7) is 9.31. The topological polar surface area (TPSA) is 32.8 Å². The second-order valence-corrected chi connectivity index (χ2v) is 9.59. The first-order valence-electron chi connectivity index (χ1n) is 10.9. The number of benzene rings is 1. The van der Waals surface area contributed by atoms with Crippen LogP contribution in [0.15, 0.2) is 24.3 Å². The molecule has 1 saturated carbocycles. The molecule has 0 aromatic heterocycles. The van der Waals surface area contributed by atoms with Crippen LogP contribution in [-0.2, 0) is 14.9 Å². The fraction of sp³-hybridized carbons (Fsp3) is 0.696. The van der Waals surface area contributed by atoms with Crippen molar-refractivity contribution in [3.8, 4) is 0 Å². The van der Waals surface area contributed by atoms with Crippen LogP contribution in [0.25, 0.3) is 0 Å². The van der Waals surface area contributed by atoms with Crippen LogP contribution in [0.1, 0.15) is 51.5 Å². The van der Waals surface area contributed by atoms with E-state index in [1.54, 1.807) is 0 Å². The van der Waals surface area contributed by atoms with Crippen molar-refractivity contribution in [1.82, 2.24) is 9.80 Å². The maximum Gasteiger partial charge on any atom is 0.233 e. The fourth-order valence-electron chi connectivity index (χ4n) is 5.36. The Morgan fingerprint density at radius 2 is 1.86 bits per heavy atom. The molecule has 0 bridgehead atoms. The molecular formula is C23H33ClN2O2. The first-order chi connectivity index (χ1) is 13.5. The van der Waals surface area contributed by atoms with Gasteiger partial charge in [-0.1, -0.05) is 30.2 Å². The average molecular weight is 405 g/mol. The Kier molecular flexibility index (Phi) is 6.01. The number of likely N-dealkylation sites (tertiary alicyclic amines) is 1. The Labute approximate surface area is 174 Å². The molecule has 5 heteroatoms. The van der Waals surface area contributed by atoms with Gasteiger partial charge in [-0.15, -0.1) is 0 Å². The van der Waals surface area contributed by atoms with Gasteiger partial charge in [0.1, 0.15) is 0 Å². The summed E-state index contributed by atoms with van der Waals surface area (Å²) in [7, 11) is 0. The monoisotopic (exact) mass is 404 g/mol. The highest BCUT2D eigenvalue weighted by Gasteiger charge is 2.48. The van der Waals surface area contributed by atoms with Gasteiger partial charge in [0, 0.05) is 37.7 Å². The number of morpholine rings is 1. The number of hydrogen-bond donors (Lipinski definition) is 0. The molecule has 154 valence electrons. The van der Waals surface area contributed by atoms with E-state index in [1.807, 2.05) is 18.2 Å². The highest BCUT2D eigenvalue weighted by Crippen LogP contribution is 2.46. The lowest BCUT2D eigenvalue weighted by molar-refractivity contribution is -0.142. The van der Waals surface area contributed by atoms with Crippen LogP contribution in [-0.4, -0.2) is 60.6 Å². The highest BCUT2D eigenvalue weighted by atomic mass is 35.5. The highest BCUT2D eigenvalue weighted by molar-refractivity contribution is 6.30. The van der Waals surface area contributed by atoms with Gasteiger partial charge < -0.3 is 9.64 Å². The van der Waals surface area contributed by atoms with Crippen LogP contribution >= 0.6 is 11.6 Å². The summed E-state index contributed by atoms with van der Waals surface area (Å²) in [5.41, 5.74) is 0.780.